The van der Waals surface area contributed by atoms with E-state index in [9.17, 15) is 19.8 Å². The van der Waals surface area contributed by atoms with E-state index in [0.29, 0.717) is 25.9 Å². The third kappa shape index (κ3) is 63.6. The number of nitrogens with one attached hydrogen (secondary N) is 1. The molecule has 2 unspecified atom stereocenters. The van der Waals surface area contributed by atoms with Crippen LogP contribution in [0.25, 0.3) is 0 Å². The monoisotopic (exact) mass is 1090 g/mol. The lowest BCUT2D eigenvalue weighted by atomic mass is 10.0. The zero-order chi connectivity index (χ0) is 55.7. The fraction of sp³-hybridized carbons (Fsp3) is 0.944. The number of hydrogen-bond donors (Lipinski definition) is 3. The Kier molecular flexibility index (Phi) is 65.9. The Bertz CT molecular complexity index is 1160. The Morgan fingerprint density at radius 1 is 0.351 bits per heavy atom. The highest BCUT2D eigenvalue weighted by atomic mass is 16.5. The normalized spacial score (nSPS) is 12.5. The molecule has 0 fully saturated rings. The number of carbonyl (C=O) groups excluding carboxylic acids is 2. The van der Waals surface area contributed by atoms with E-state index in [1.807, 2.05) is 0 Å². The first-order valence-corrected chi connectivity index (χ1v) is 35.4. The molecule has 6 heteroatoms. The van der Waals surface area contributed by atoms with E-state index in [4.69, 9.17) is 4.74 Å². The maximum Gasteiger partial charge on any atom is 0.305 e. The van der Waals surface area contributed by atoms with Gasteiger partial charge in [0, 0.05) is 12.8 Å². The molecule has 0 bridgehead atoms. The molecule has 0 aromatic heterocycles. The van der Waals surface area contributed by atoms with Gasteiger partial charge in [0.15, 0.2) is 0 Å². The molecule has 3 N–H and O–H groups in total. The number of ether oxygens (including phenoxy) is 1. The topological polar surface area (TPSA) is 95.9 Å². The van der Waals surface area contributed by atoms with Gasteiger partial charge in [-0.3, -0.25) is 9.59 Å². The zero-order valence-electron chi connectivity index (χ0n) is 52.5. The van der Waals surface area contributed by atoms with Gasteiger partial charge < -0.3 is 20.3 Å². The summed E-state index contributed by atoms with van der Waals surface area (Å²) in [6.07, 6.45) is 82.5. The minimum Gasteiger partial charge on any atom is -0.466 e. The van der Waals surface area contributed by atoms with Gasteiger partial charge in [-0.15, -0.1) is 0 Å². The number of rotatable bonds is 67. The van der Waals surface area contributed by atoms with E-state index in [0.717, 1.165) is 44.9 Å². The summed E-state index contributed by atoms with van der Waals surface area (Å²) >= 11 is 0. The van der Waals surface area contributed by atoms with Crippen LogP contribution in [0, 0.1) is 0 Å². The molecule has 6 nitrogen and oxygen atoms in total. The van der Waals surface area contributed by atoms with Crippen LogP contribution in [-0.2, 0) is 14.3 Å². The van der Waals surface area contributed by atoms with Crippen molar-refractivity contribution in [2.24, 2.45) is 0 Å². The van der Waals surface area contributed by atoms with Gasteiger partial charge in [0.25, 0.3) is 0 Å². The fourth-order valence-corrected chi connectivity index (χ4v) is 11.4. The minimum atomic E-state index is -0.666. The third-order valence-electron chi connectivity index (χ3n) is 16.8. The second kappa shape index (κ2) is 67.1. The summed E-state index contributed by atoms with van der Waals surface area (Å²) < 4.78 is 5.51. The van der Waals surface area contributed by atoms with Gasteiger partial charge in [0.05, 0.1) is 25.4 Å². The highest BCUT2D eigenvalue weighted by Crippen LogP contribution is 2.19. The SMILES string of the molecule is CCCCCCCC/C=C\CCCCCCCCCCCC(=O)OCCCCCCCCCCCCCCCCCCCCCCC(=O)NC(CO)C(O)CCCCCCCCCCCCCCCCCCCCCCC. The highest BCUT2D eigenvalue weighted by molar-refractivity contribution is 5.76. The summed E-state index contributed by atoms with van der Waals surface area (Å²) in [6.45, 7) is 4.99. The quantitative estimate of drug-likeness (QED) is 0.0320. The van der Waals surface area contributed by atoms with Gasteiger partial charge in [0.2, 0.25) is 5.91 Å². The van der Waals surface area contributed by atoms with Crippen molar-refractivity contribution in [2.75, 3.05) is 13.2 Å². The van der Waals surface area contributed by atoms with Gasteiger partial charge >= 0.3 is 5.97 Å². The minimum absolute atomic E-state index is 0.0116. The lowest BCUT2D eigenvalue weighted by Crippen LogP contribution is -2.45. The van der Waals surface area contributed by atoms with Crippen LogP contribution >= 0.6 is 0 Å². The van der Waals surface area contributed by atoms with Crippen molar-refractivity contribution < 1.29 is 24.5 Å². The molecule has 0 rings (SSSR count). The van der Waals surface area contributed by atoms with Crippen LogP contribution in [0.2, 0.25) is 0 Å². The zero-order valence-corrected chi connectivity index (χ0v) is 52.5. The smallest absolute Gasteiger partial charge is 0.305 e. The van der Waals surface area contributed by atoms with Crippen LogP contribution < -0.4 is 5.32 Å². The summed E-state index contributed by atoms with van der Waals surface area (Å²) in [4.78, 5) is 24.7. The van der Waals surface area contributed by atoms with Crippen LogP contribution in [-0.4, -0.2) is 47.4 Å². The fourth-order valence-electron chi connectivity index (χ4n) is 11.4. The second-order valence-electron chi connectivity index (χ2n) is 24.6. The second-order valence-corrected chi connectivity index (χ2v) is 24.6. The number of aliphatic hydroxyl groups excluding tert-OH is 2. The molecular formula is C71H139NO5. The van der Waals surface area contributed by atoms with Crippen molar-refractivity contribution in [3.05, 3.63) is 12.2 Å². The third-order valence-corrected chi connectivity index (χ3v) is 16.8. The lowest BCUT2D eigenvalue weighted by molar-refractivity contribution is -0.143. The van der Waals surface area contributed by atoms with Crippen LogP contribution in [0.3, 0.4) is 0 Å². The van der Waals surface area contributed by atoms with E-state index < -0.39 is 12.1 Å². The molecule has 0 heterocycles. The van der Waals surface area contributed by atoms with Crippen LogP contribution in [0.15, 0.2) is 12.2 Å². The predicted octanol–water partition coefficient (Wildman–Crippen LogP) is 22.8. The molecule has 0 saturated heterocycles. The molecule has 0 aromatic rings. The molecule has 0 saturated carbocycles. The van der Waals surface area contributed by atoms with Crippen LogP contribution in [0.4, 0.5) is 0 Å². The standard InChI is InChI=1S/C71H139NO5/c1-3-5-7-9-11-13-15-17-19-21-23-24-28-31-35-39-43-47-51-55-59-63-69(74)68(67-73)72-70(75)64-60-56-52-48-44-40-36-32-29-25-26-30-34-38-42-46-50-54-58-62-66-77-71(76)65-61-57-53-49-45-41-37-33-27-22-20-18-16-14-12-10-8-6-4-2/h18,20,68-69,73-74H,3-17,19,21-67H2,1-2H3,(H,72,75)/b20-18-. The molecule has 2 atom stereocenters. The summed E-state index contributed by atoms with van der Waals surface area (Å²) in [5.74, 6) is -0.0203. The van der Waals surface area contributed by atoms with Crippen molar-refractivity contribution >= 4 is 11.9 Å². The number of allylic oxidation sites excluding steroid dienone is 2. The van der Waals surface area contributed by atoms with Crippen molar-refractivity contribution in [2.45, 2.75) is 418 Å². The van der Waals surface area contributed by atoms with Gasteiger partial charge in [-0.2, -0.15) is 0 Å². The van der Waals surface area contributed by atoms with Crippen molar-refractivity contribution in [1.29, 1.82) is 0 Å². The van der Waals surface area contributed by atoms with E-state index in [-0.39, 0.29) is 18.5 Å². The predicted molar refractivity (Wildman–Crippen MR) is 338 cm³/mol. The highest BCUT2D eigenvalue weighted by Gasteiger charge is 2.20. The summed E-state index contributed by atoms with van der Waals surface area (Å²) in [7, 11) is 0. The van der Waals surface area contributed by atoms with Gasteiger partial charge in [-0.1, -0.05) is 353 Å². The first-order valence-electron chi connectivity index (χ1n) is 35.4. The Balaban J connectivity index is 3.37. The van der Waals surface area contributed by atoms with E-state index in [1.165, 1.54) is 327 Å². The molecule has 0 aliphatic carbocycles. The molecule has 77 heavy (non-hydrogen) atoms. The molecule has 0 aliphatic heterocycles. The molecule has 0 spiro atoms. The Hall–Kier alpha value is -1.40. The van der Waals surface area contributed by atoms with E-state index in [2.05, 4.69) is 31.3 Å². The Morgan fingerprint density at radius 2 is 0.610 bits per heavy atom. The average Bonchev–Trinajstić information content (AvgIpc) is 3.43. The molecule has 1 amide bonds. The maximum absolute atomic E-state index is 12.5. The maximum atomic E-state index is 12.5. The lowest BCUT2D eigenvalue weighted by Gasteiger charge is -2.22. The largest absolute Gasteiger partial charge is 0.466 e. The van der Waals surface area contributed by atoms with Crippen molar-refractivity contribution in [1.82, 2.24) is 5.32 Å². The van der Waals surface area contributed by atoms with Gasteiger partial charge in [0.1, 0.15) is 0 Å². The summed E-state index contributed by atoms with van der Waals surface area (Å²) in [5.41, 5.74) is 0. The molecule has 0 radical (unpaired) electrons. The number of carbonyl (C=O) groups is 2. The van der Waals surface area contributed by atoms with Crippen LogP contribution in [0.1, 0.15) is 406 Å². The van der Waals surface area contributed by atoms with Crippen LogP contribution in [0.5, 0.6) is 0 Å². The first-order chi connectivity index (χ1) is 38.0. The Labute approximate surface area is 482 Å². The van der Waals surface area contributed by atoms with Gasteiger partial charge in [-0.05, 0) is 51.4 Å². The summed E-state index contributed by atoms with van der Waals surface area (Å²) in [5, 5.41) is 23.4. The van der Waals surface area contributed by atoms with E-state index >= 15 is 0 Å². The number of esters is 1. The van der Waals surface area contributed by atoms with Crippen molar-refractivity contribution in [3.63, 3.8) is 0 Å². The van der Waals surface area contributed by atoms with Crippen molar-refractivity contribution in [3.8, 4) is 0 Å². The summed E-state index contributed by atoms with van der Waals surface area (Å²) in [6, 6.07) is -0.543. The molecule has 0 aromatic carbocycles. The number of amides is 1. The van der Waals surface area contributed by atoms with E-state index in [1.54, 1.807) is 0 Å². The number of unbranched alkanes of at least 4 members (excludes halogenated alkanes) is 54. The number of hydrogen-bond acceptors (Lipinski definition) is 5. The first kappa shape index (κ1) is 75.6. The van der Waals surface area contributed by atoms with Gasteiger partial charge in [-0.25, -0.2) is 0 Å². The Morgan fingerprint density at radius 3 is 0.922 bits per heavy atom. The average molecular weight is 1090 g/mol. The molecular weight excluding hydrogens is 947 g/mol. The molecule has 458 valence electrons. The number of aliphatic hydroxyl groups is 2. The molecule has 0 aliphatic rings.